The number of carbonyl (C=O) groups is 1. The number of hydrazone groups is 1. The number of benzene rings is 2. The second-order valence-electron chi connectivity index (χ2n) is 5.55. The zero-order valence-electron chi connectivity index (χ0n) is 12.7. The third-order valence-corrected chi connectivity index (χ3v) is 4.01. The number of hydrogen-bond acceptors (Lipinski definition) is 4. The Bertz CT molecular complexity index is 942. The van der Waals surface area contributed by atoms with Crippen molar-refractivity contribution in [2.75, 3.05) is 0 Å². The maximum Gasteiger partial charge on any atom is 0.289 e. The Morgan fingerprint density at radius 1 is 1.21 bits per heavy atom. The number of phenolic OH excluding ortho intramolecular Hbond substituents is 1. The normalized spacial score (nSPS) is 12.2. The van der Waals surface area contributed by atoms with Crippen molar-refractivity contribution < 1.29 is 9.90 Å². The molecular weight excluding hydrogens is 304 g/mol. The van der Waals surface area contributed by atoms with Gasteiger partial charge in [-0.2, -0.15) is 10.2 Å². The number of aromatic hydroxyl groups is 1. The number of H-pyrrole nitrogens is 1. The molecule has 1 aliphatic rings. The smallest absolute Gasteiger partial charge is 0.289 e. The SMILES string of the molecule is O=C(N/N=C/c1ccc(O)cc1)c1[nH]nc2c1Cc1ccccc1-2. The van der Waals surface area contributed by atoms with E-state index in [9.17, 15) is 9.90 Å². The van der Waals surface area contributed by atoms with Gasteiger partial charge < -0.3 is 5.11 Å². The highest BCUT2D eigenvalue weighted by Gasteiger charge is 2.26. The molecule has 6 nitrogen and oxygen atoms in total. The first-order valence-corrected chi connectivity index (χ1v) is 7.50. The van der Waals surface area contributed by atoms with Crippen LogP contribution in [-0.4, -0.2) is 27.4 Å². The summed E-state index contributed by atoms with van der Waals surface area (Å²) in [5.74, 6) is -0.143. The van der Waals surface area contributed by atoms with Crippen molar-refractivity contribution in [1.29, 1.82) is 0 Å². The molecule has 2 aromatic carbocycles. The van der Waals surface area contributed by atoms with Crippen LogP contribution in [0.1, 0.15) is 27.2 Å². The zero-order chi connectivity index (χ0) is 16.5. The summed E-state index contributed by atoms with van der Waals surface area (Å²) in [6, 6.07) is 14.5. The van der Waals surface area contributed by atoms with Gasteiger partial charge in [0, 0.05) is 17.5 Å². The zero-order valence-corrected chi connectivity index (χ0v) is 12.7. The summed E-state index contributed by atoms with van der Waals surface area (Å²) in [4.78, 5) is 12.3. The average Bonchev–Trinajstić information content (AvgIpc) is 3.15. The van der Waals surface area contributed by atoms with E-state index in [1.54, 1.807) is 24.3 Å². The number of aromatic amines is 1. The lowest BCUT2D eigenvalue weighted by molar-refractivity contribution is 0.0949. The molecule has 24 heavy (non-hydrogen) atoms. The standard InChI is InChI=1S/C18H14N4O2/c23-13-7-5-11(6-8-13)10-19-22-18(24)17-15-9-12-3-1-2-4-14(12)16(15)20-21-17/h1-8,10,23H,9H2,(H,20,21)(H,22,24)/b19-10+. The van der Waals surface area contributed by atoms with Crippen LogP contribution >= 0.6 is 0 Å². The Balaban J connectivity index is 1.50. The van der Waals surface area contributed by atoms with Crippen molar-refractivity contribution in [3.05, 3.63) is 70.9 Å². The predicted octanol–water partition coefficient (Wildman–Crippen LogP) is 2.45. The molecule has 0 radical (unpaired) electrons. The first kappa shape index (κ1) is 14.2. The molecule has 3 aromatic rings. The van der Waals surface area contributed by atoms with Gasteiger partial charge in [-0.05, 0) is 35.4 Å². The molecule has 0 unspecified atom stereocenters. The number of nitrogens with zero attached hydrogens (tertiary/aromatic N) is 2. The van der Waals surface area contributed by atoms with Gasteiger partial charge in [0.05, 0.1) is 11.9 Å². The van der Waals surface area contributed by atoms with E-state index in [1.165, 1.54) is 11.8 Å². The lowest BCUT2D eigenvalue weighted by Gasteiger charge is -2.00. The first-order valence-electron chi connectivity index (χ1n) is 7.50. The van der Waals surface area contributed by atoms with Crippen LogP contribution in [0.2, 0.25) is 0 Å². The van der Waals surface area contributed by atoms with Crippen LogP contribution < -0.4 is 5.43 Å². The third kappa shape index (κ3) is 2.44. The molecule has 0 saturated heterocycles. The molecule has 6 heteroatoms. The monoisotopic (exact) mass is 318 g/mol. The summed E-state index contributed by atoms with van der Waals surface area (Å²) < 4.78 is 0. The summed E-state index contributed by atoms with van der Waals surface area (Å²) in [6.45, 7) is 0. The van der Waals surface area contributed by atoms with E-state index >= 15 is 0 Å². The van der Waals surface area contributed by atoms with Gasteiger partial charge in [-0.1, -0.05) is 24.3 Å². The molecule has 0 fully saturated rings. The molecule has 0 bridgehead atoms. The maximum atomic E-state index is 12.3. The number of aromatic nitrogens is 2. The van der Waals surface area contributed by atoms with Crippen molar-refractivity contribution in [2.45, 2.75) is 6.42 Å². The minimum atomic E-state index is -0.327. The molecule has 0 spiro atoms. The largest absolute Gasteiger partial charge is 0.508 e. The minimum absolute atomic E-state index is 0.184. The fourth-order valence-corrected chi connectivity index (χ4v) is 2.83. The molecule has 1 heterocycles. The van der Waals surface area contributed by atoms with Crippen molar-refractivity contribution in [3.8, 4) is 17.0 Å². The Kier molecular flexibility index (Phi) is 3.35. The third-order valence-electron chi connectivity index (χ3n) is 4.01. The number of nitrogens with one attached hydrogen (secondary N) is 2. The highest BCUT2D eigenvalue weighted by Crippen LogP contribution is 2.36. The quantitative estimate of drug-likeness (QED) is 0.400. The second-order valence-corrected chi connectivity index (χ2v) is 5.55. The summed E-state index contributed by atoms with van der Waals surface area (Å²) in [6.07, 6.45) is 2.20. The molecule has 1 aliphatic carbocycles. The van der Waals surface area contributed by atoms with Gasteiger partial charge in [0.2, 0.25) is 0 Å². The van der Waals surface area contributed by atoms with E-state index in [1.807, 2.05) is 24.3 Å². The number of carbonyl (C=O) groups excluding carboxylic acids is 1. The van der Waals surface area contributed by atoms with Crippen molar-refractivity contribution in [2.24, 2.45) is 5.10 Å². The van der Waals surface area contributed by atoms with Crippen LogP contribution in [0.3, 0.4) is 0 Å². The summed E-state index contributed by atoms with van der Waals surface area (Å²) in [5.41, 5.74) is 7.67. The fourth-order valence-electron chi connectivity index (χ4n) is 2.83. The lowest BCUT2D eigenvalue weighted by atomic mass is 10.1. The van der Waals surface area contributed by atoms with Gasteiger partial charge in [-0.25, -0.2) is 5.43 Å². The molecule has 118 valence electrons. The van der Waals surface area contributed by atoms with Crippen LogP contribution in [0.15, 0.2) is 53.6 Å². The van der Waals surface area contributed by atoms with E-state index < -0.39 is 0 Å². The number of amides is 1. The van der Waals surface area contributed by atoms with E-state index in [4.69, 9.17) is 0 Å². The molecule has 1 amide bonds. The Morgan fingerprint density at radius 2 is 2.00 bits per heavy atom. The molecule has 4 rings (SSSR count). The Morgan fingerprint density at radius 3 is 2.83 bits per heavy atom. The minimum Gasteiger partial charge on any atom is -0.508 e. The Hall–Kier alpha value is -3.41. The van der Waals surface area contributed by atoms with Crippen LogP contribution in [0, 0.1) is 0 Å². The number of rotatable bonds is 3. The summed E-state index contributed by atoms with van der Waals surface area (Å²) >= 11 is 0. The summed E-state index contributed by atoms with van der Waals surface area (Å²) in [5, 5.41) is 20.3. The first-order chi connectivity index (χ1) is 11.7. The fraction of sp³-hybridized carbons (Fsp3) is 0.0556. The van der Waals surface area contributed by atoms with Gasteiger partial charge in [0.25, 0.3) is 5.91 Å². The molecule has 0 saturated carbocycles. The summed E-state index contributed by atoms with van der Waals surface area (Å²) in [7, 11) is 0. The highest BCUT2D eigenvalue weighted by molar-refractivity contribution is 5.97. The van der Waals surface area contributed by atoms with Crippen LogP contribution in [0.5, 0.6) is 5.75 Å². The highest BCUT2D eigenvalue weighted by atomic mass is 16.3. The van der Waals surface area contributed by atoms with Gasteiger partial charge >= 0.3 is 0 Å². The van der Waals surface area contributed by atoms with Crippen LogP contribution in [0.4, 0.5) is 0 Å². The van der Waals surface area contributed by atoms with Crippen molar-refractivity contribution >= 4 is 12.1 Å². The van der Waals surface area contributed by atoms with Crippen molar-refractivity contribution in [1.82, 2.24) is 15.6 Å². The predicted molar refractivity (Wildman–Crippen MR) is 90.0 cm³/mol. The number of phenols is 1. The molecule has 3 N–H and O–H groups in total. The average molecular weight is 318 g/mol. The van der Waals surface area contributed by atoms with Crippen LogP contribution in [0.25, 0.3) is 11.3 Å². The second kappa shape index (κ2) is 5.66. The van der Waals surface area contributed by atoms with Gasteiger partial charge in [-0.3, -0.25) is 9.89 Å². The van der Waals surface area contributed by atoms with Gasteiger partial charge in [-0.15, -0.1) is 0 Å². The molecule has 0 atom stereocenters. The number of fused-ring (bicyclic) bond motifs is 3. The molecule has 1 aromatic heterocycles. The van der Waals surface area contributed by atoms with Crippen LogP contribution in [-0.2, 0) is 6.42 Å². The van der Waals surface area contributed by atoms with Crippen molar-refractivity contribution in [3.63, 3.8) is 0 Å². The van der Waals surface area contributed by atoms with E-state index in [-0.39, 0.29) is 11.7 Å². The topological polar surface area (TPSA) is 90.4 Å². The van der Waals surface area contributed by atoms with Gasteiger partial charge in [0.1, 0.15) is 11.4 Å². The van der Waals surface area contributed by atoms with E-state index in [0.717, 1.165) is 22.4 Å². The lowest BCUT2D eigenvalue weighted by Crippen LogP contribution is -2.19. The Labute approximate surface area is 137 Å². The number of hydrogen-bond donors (Lipinski definition) is 3. The van der Waals surface area contributed by atoms with Gasteiger partial charge in [0.15, 0.2) is 0 Å². The molecule has 0 aliphatic heterocycles. The van der Waals surface area contributed by atoms with E-state index in [2.05, 4.69) is 20.7 Å². The molecular formula is C18H14N4O2. The van der Waals surface area contributed by atoms with E-state index in [0.29, 0.717) is 12.1 Å². The maximum absolute atomic E-state index is 12.3.